The lowest BCUT2D eigenvalue weighted by atomic mass is 9.66. The zero-order valence-corrected chi connectivity index (χ0v) is 12.1. The summed E-state index contributed by atoms with van der Waals surface area (Å²) < 4.78 is 14.0. The van der Waals surface area contributed by atoms with Crippen molar-refractivity contribution in [1.82, 2.24) is 15.2 Å². The summed E-state index contributed by atoms with van der Waals surface area (Å²) >= 11 is 0. The number of hydrogen-bond acceptors (Lipinski definition) is 4. The lowest BCUT2D eigenvalue weighted by Gasteiger charge is -2.41. The van der Waals surface area contributed by atoms with E-state index in [9.17, 15) is 4.39 Å². The smallest absolute Gasteiger partial charge is 0.148 e. The predicted molar refractivity (Wildman–Crippen MR) is 79.6 cm³/mol. The summed E-state index contributed by atoms with van der Waals surface area (Å²) in [6.07, 6.45) is 5.55. The van der Waals surface area contributed by atoms with Gasteiger partial charge in [-0.25, -0.2) is 4.39 Å². The van der Waals surface area contributed by atoms with Gasteiger partial charge in [0.05, 0.1) is 11.4 Å². The first-order valence-corrected chi connectivity index (χ1v) is 7.41. The third-order valence-corrected chi connectivity index (χ3v) is 4.26. The Bertz CT molecular complexity index is 608. The Morgan fingerprint density at radius 3 is 2.67 bits per heavy atom. The highest BCUT2D eigenvalue weighted by molar-refractivity contribution is 5.36. The maximum atomic E-state index is 14.0. The van der Waals surface area contributed by atoms with E-state index >= 15 is 0 Å². The van der Waals surface area contributed by atoms with Crippen LogP contribution in [0.25, 0.3) is 0 Å². The van der Waals surface area contributed by atoms with E-state index in [-0.39, 0.29) is 11.2 Å². The molecule has 1 saturated carbocycles. The molecule has 0 atom stereocenters. The van der Waals surface area contributed by atoms with Gasteiger partial charge in [-0.15, -0.1) is 5.10 Å². The zero-order valence-electron chi connectivity index (χ0n) is 12.1. The third-order valence-electron chi connectivity index (χ3n) is 4.26. The van der Waals surface area contributed by atoms with E-state index in [1.807, 2.05) is 19.1 Å². The monoisotopic (exact) mass is 286 g/mol. The molecule has 0 spiro atoms. The molecule has 21 heavy (non-hydrogen) atoms. The lowest BCUT2D eigenvalue weighted by Crippen LogP contribution is -2.42. The fraction of sp³-hybridized carbons (Fsp3) is 0.438. The number of halogens is 1. The summed E-state index contributed by atoms with van der Waals surface area (Å²) in [6.45, 7) is 2.69. The van der Waals surface area contributed by atoms with E-state index in [1.54, 1.807) is 12.3 Å². The molecule has 0 aliphatic heterocycles. The van der Waals surface area contributed by atoms with E-state index in [1.165, 1.54) is 6.07 Å². The Balaban J connectivity index is 1.74. The van der Waals surface area contributed by atoms with Gasteiger partial charge in [-0.05, 0) is 43.5 Å². The summed E-state index contributed by atoms with van der Waals surface area (Å²) in [5, 5.41) is 11.6. The van der Waals surface area contributed by atoms with Crippen molar-refractivity contribution >= 4 is 5.82 Å². The maximum Gasteiger partial charge on any atom is 0.148 e. The highest BCUT2D eigenvalue weighted by Gasteiger charge is 2.41. The Morgan fingerprint density at radius 2 is 2.10 bits per heavy atom. The Labute approximate surface area is 123 Å². The molecule has 0 saturated heterocycles. The summed E-state index contributed by atoms with van der Waals surface area (Å²) in [6, 6.07) is 7.00. The molecule has 2 aromatic rings. The average molecular weight is 286 g/mol. The molecule has 0 radical (unpaired) electrons. The number of pyridine rings is 1. The van der Waals surface area contributed by atoms with Crippen LogP contribution in [0.1, 0.15) is 37.6 Å². The minimum Gasteiger partial charge on any atom is -0.368 e. The second kappa shape index (κ2) is 5.76. The molecule has 0 amide bonds. The molecule has 1 aliphatic rings. The second-order valence-electron chi connectivity index (χ2n) is 5.58. The van der Waals surface area contributed by atoms with Gasteiger partial charge in [-0.1, -0.05) is 13.3 Å². The molecule has 0 aromatic carbocycles. The van der Waals surface area contributed by atoms with Crippen molar-refractivity contribution in [3.63, 3.8) is 0 Å². The van der Waals surface area contributed by atoms with Crippen molar-refractivity contribution in [2.75, 3.05) is 11.9 Å². The molecule has 110 valence electrons. The largest absolute Gasteiger partial charge is 0.368 e. The van der Waals surface area contributed by atoms with Crippen molar-refractivity contribution in [3.05, 3.63) is 47.7 Å². The molecule has 3 rings (SSSR count). The minimum absolute atomic E-state index is 0.212. The van der Waals surface area contributed by atoms with Gasteiger partial charge in [0.1, 0.15) is 11.6 Å². The highest BCUT2D eigenvalue weighted by Crippen LogP contribution is 2.43. The van der Waals surface area contributed by atoms with E-state index < -0.39 is 0 Å². The SMILES string of the molecule is CCc1ccc(NCC2(c3ncccc3F)CCC2)nn1. The number of aromatic nitrogens is 3. The van der Waals surface area contributed by atoms with Gasteiger partial charge < -0.3 is 5.32 Å². The topological polar surface area (TPSA) is 50.7 Å². The first-order chi connectivity index (χ1) is 10.2. The second-order valence-corrected chi connectivity index (χ2v) is 5.58. The van der Waals surface area contributed by atoms with Crippen molar-refractivity contribution in [1.29, 1.82) is 0 Å². The van der Waals surface area contributed by atoms with E-state index in [2.05, 4.69) is 20.5 Å². The third kappa shape index (κ3) is 2.73. The van der Waals surface area contributed by atoms with Crippen LogP contribution in [0, 0.1) is 5.82 Å². The van der Waals surface area contributed by atoms with Crippen LogP contribution < -0.4 is 5.32 Å². The summed E-state index contributed by atoms with van der Waals surface area (Å²) in [5.41, 5.74) is 1.33. The van der Waals surface area contributed by atoms with Gasteiger partial charge in [0.25, 0.3) is 0 Å². The first kappa shape index (κ1) is 13.9. The van der Waals surface area contributed by atoms with Crippen LogP contribution in [0.3, 0.4) is 0 Å². The van der Waals surface area contributed by atoms with Gasteiger partial charge in [-0.2, -0.15) is 5.10 Å². The van der Waals surface area contributed by atoms with E-state index in [0.717, 1.165) is 37.2 Å². The van der Waals surface area contributed by atoms with Crippen LogP contribution in [0.15, 0.2) is 30.5 Å². The summed E-state index contributed by atoms with van der Waals surface area (Å²) in [4.78, 5) is 4.26. The Hall–Kier alpha value is -2.04. The van der Waals surface area contributed by atoms with Gasteiger partial charge in [-0.3, -0.25) is 4.98 Å². The molecule has 0 bridgehead atoms. The maximum absolute atomic E-state index is 14.0. The Kier molecular flexibility index (Phi) is 3.82. The fourth-order valence-electron chi connectivity index (χ4n) is 2.78. The summed E-state index contributed by atoms with van der Waals surface area (Å²) in [5.74, 6) is 0.515. The van der Waals surface area contributed by atoms with Crippen LogP contribution in [0.2, 0.25) is 0 Å². The number of nitrogens with one attached hydrogen (secondary N) is 1. The number of hydrogen-bond donors (Lipinski definition) is 1. The van der Waals surface area contributed by atoms with E-state index in [4.69, 9.17) is 0 Å². The quantitative estimate of drug-likeness (QED) is 0.917. The Morgan fingerprint density at radius 1 is 1.24 bits per heavy atom. The number of aryl methyl sites for hydroxylation is 1. The van der Waals surface area contributed by atoms with Crippen LogP contribution in [-0.2, 0) is 11.8 Å². The van der Waals surface area contributed by atoms with Crippen LogP contribution in [-0.4, -0.2) is 21.7 Å². The molecular formula is C16H19FN4. The number of anilines is 1. The van der Waals surface area contributed by atoms with Gasteiger partial charge in [0.15, 0.2) is 0 Å². The molecule has 5 heteroatoms. The fourth-order valence-corrected chi connectivity index (χ4v) is 2.78. The van der Waals surface area contributed by atoms with Crippen molar-refractivity contribution < 1.29 is 4.39 Å². The van der Waals surface area contributed by atoms with Gasteiger partial charge in [0, 0.05) is 18.2 Å². The molecule has 0 unspecified atom stereocenters. The average Bonchev–Trinajstić information content (AvgIpc) is 2.48. The predicted octanol–water partition coefficient (Wildman–Crippen LogP) is 3.11. The van der Waals surface area contributed by atoms with Crippen molar-refractivity contribution in [2.24, 2.45) is 0 Å². The zero-order chi connectivity index (χ0) is 14.7. The minimum atomic E-state index is -0.216. The molecule has 1 N–H and O–H groups in total. The molecule has 1 fully saturated rings. The van der Waals surface area contributed by atoms with Gasteiger partial charge in [0.2, 0.25) is 0 Å². The van der Waals surface area contributed by atoms with Crippen molar-refractivity contribution in [2.45, 2.75) is 38.0 Å². The normalized spacial score (nSPS) is 16.3. The summed E-state index contributed by atoms with van der Waals surface area (Å²) in [7, 11) is 0. The molecule has 1 aliphatic carbocycles. The van der Waals surface area contributed by atoms with Gasteiger partial charge >= 0.3 is 0 Å². The number of rotatable bonds is 5. The lowest BCUT2D eigenvalue weighted by molar-refractivity contribution is 0.243. The standard InChI is InChI=1S/C16H19FN4/c1-2-12-6-7-14(21-20-12)19-11-16(8-4-9-16)15-13(17)5-3-10-18-15/h3,5-7,10H,2,4,8-9,11H2,1H3,(H,19,21). The van der Waals surface area contributed by atoms with Crippen LogP contribution in [0.5, 0.6) is 0 Å². The molecule has 4 nitrogen and oxygen atoms in total. The van der Waals surface area contributed by atoms with Crippen LogP contribution >= 0.6 is 0 Å². The van der Waals surface area contributed by atoms with Crippen molar-refractivity contribution in [3.8, 4) is 0 Å². The number of nitrogens with zero attached hydrogens (tertiary/aromatic N) is 3. The first-order valence-electron chi connectivity index (χ1n) is 7.41. The molecule has 2 heterocycles. The van der Waals surface area contributed by atoms with Crippen LogP contribution in [0.4, 0.5) is 10.2 Å². The highest BCUT2D eigenvalue weighted by atomic mass is 19.1. The molecular weight excluding hydrogens is 267 g/mol. The van der Waals surface area contributed by atoms with E-state index in [0.29, 0.717) is 12.2 Å². The molecule has 2 aromatic heterocycles.